The summed E-state index contributed by atoms with van der Waals surface area (Å²) in [5, 5.41) is 5.38. The van der Waals surface area contributed by atoms with Crippen LogP contribution in [0.4, 0.5) is 10.1 Å². The summed E-state index contributed by atoms with van der Waals surface area (Å²) in [7, 11) is -2.43. The molecule has 1 saturated heterocycles. The molecular weight excluding hydrogens is 521 g/mol. The summed E-state index contributed by atoms with van der Waals surface area (Å²) in [5.74, 6) is -1.62. The lowest BCUT2D eigenvalue weighted by atomic mass is 10.1. The average molecular weight is 550 g/mol. The predicted octanol–water partition coefficient (Wildman–Crippen LogP) is 1.46. The molecule has 2 aliphatic heterocycles. The maximum absolute atomic E-state index is 13.6. The van der Waals surface area contributed by atoms with Crippen molar-refractivity contribution < 1.29 is 27.2 Å². The minimum Gasteiger partial charge on any atom is -0.348 e. The van der Waals surface area contributed by atoms with Gasteiger partial charge in [-0.25, -0.2) is 17.5 Å². The molecule has 0 unspecified atom stereocenters. The van der Waals surface area contributed by atoms with Crippen LogP contribution in [0.5, 0.6) is 0 Å². The number of sulfonamides is 1. The van der Waals surface area contributed by atoms with Crippen LogP contribution in [0.25, 0.3) is 0 Å². The third kappa shape index (κ3) is 5.25. The number of aryl methyl sites for hydroxylation is 2. The molecule has 1 aliphatic carbocycles. The van der Waals surface area contributed by atoms with E-state index in [0.717, 1.165) is 12.8 Å². The average Bonchev–Trinajstić information content (AvgIpc) is 3.50. The first-order valence-electron chi connectivity index (χ1n) is 12.0. The molecule has 1 saturated carbocycles. The van der Waals surface area contributed by atoms with E-state index in [0.29, 0.717) is 34.4 Å². The maximum atomic E-state index is 13.6. The first kappa shape index (κ1) is 25.7. The van der Waals surface area contributed by atoms with Crippen LogP contribution < -0.4 is 15.4 Å². The smallest absolute Gasteiger partial charge is 0.311 e. The molecule has 3 amide bonds. The number of nitrogens with zero attached hydrogens (tertiary/aromatic N) is 2. The van der Waals surface area contributed by atoms with Crippen molar-refractivity contribution in [3.05, 3.63) is 41.5 Å². The Morgan fingerprint density at radius 1 is 1.22 bits per heavy atom. The van der Waals surface area contributed by atoms with E-state index in [9.17, 15) is 27.2 Å². The summed E-state index contributed by atoms with van der Waals surface area (Å²) >= 11 is 1.24. The number of aromatic nitrogens is 1. The highest BCUT2D eigenvalue weighted by Gasteiger charge is 2.42. The van der Waals surface area contributed by atoms with E-state index in [2.05, 4.69) is 15.4 Å². The number of anilines is 1. The summed E-state index contributed by atoms with van der Waals surface area (Å²) in [6.45, 7) is 2.39. The van der Waals surface area contributed by atoms with Gasteiger partial charge in [-0.1, -0.05) is 0 Å². The van der Waals surface area contributed by atoms with Crippen LogP contribution in [0.3, 0.4) is 0 Å². The normalized spacial score (nSPS) is 22.4. The summed E-state index contributed by atoms with van der Waals surface area (Å²) in [6.07, 6.45) is 3.48. The van der Waals surface area contributed by atoms with E-state index in [-0.39, 0.29) is 29.6 Å². The van der Waals surface area contributed by atoms with E-state index in [1.807, 2.05) is 0 Å². The van der Waals surface area contributed by atoms with E-state index < -0.39 is 39.6 Å². The van der Waals surface area contributed by atoms with Gasteiger partial charge >= 0.3 is 11.8 Å². The quantitative estimate of drug-likeness (QED) is 0.496. The highest BCUT2D eigenvalue weighted by atomic mass is 32.2. The molecule has 0 bridgehead atoms. The molecule has 1 aromatic carbocycles. The number of likely N-dealkylation sites (tertiary alicyclic amines) is 1. The van der Waals surface area contributed by atoms with Gasteiger partial charge in [0.15, 0.2) is 0 Å². The Labute approximate surface area is 218 Å². The molecule has 198 valence electrons. The van der Waals surface area contributed by atoms with Crippen molar-refractivity contribution in [3.63, 3.8) is 0 Å². The van der Waals surface area contributed by atoms with Crippen LogP contribution in [0, 0.1) is 24.6 Å². The number of halogens is 1. The number of fused-ring (bicyclic) bond motifs is 2. The molecule has 0 spiro atoms. The van der Waals surface area contributed by atoms with Crippen LogP contribution in [0.1, 0.15) is 28.9 Å². The van der Waals surface area contributed by atoms with Gasteiger partial charge in [0, 0.05) is 56.3 Å². The Bertz CT molecular complexity index is 1390. The summed E-state index contributed by atoms with van der Waals surface area (Å²) in [5.41, 5.74) is 0.922. The van der Waals surface area contributed by atoms with Crippen LogP contribution in [0.15, 0.2) is 34.2 Å². The molecule has 3 aliphatic rings. The molecule has 10 nitrogen and oxygen atoms in total. The van der Waals surface area contributed by atoms with E-state index in [1.165, 1.54) is 45.6 Å². The highest BCUT2D eigenvalue weighted by molar-refractivity contribution is 8.00. The predicted molar refractivity (Wildman–Crippen MR) is 135 cm³/mol. The number of thioether (sulfide) groups is 1. The second-order valence-electron chi connectivity index (χ2n) is 9.86. The van der Waals surface area contributed by atoms with Gasteiger partial charge in [-0.3, -0.25) is 14.4 Å². The van der Waals surface area contributed by atoms with Crippen molar-refractivity contribution >= 4 is 45.2 Å². The number of carbonyl (C=O) groups is 3. The molecule has 2 atom stereocenters. The number of nitrogens with one attached hydrogen (secondary N) is 3. The topological polar surface area (TPSA) is 130 Å². The van der Waals surface area contributed by atoms with Crippen molar-refractivity contribution in [1.29, 1.82) is 0 Å². The van der Waals surface area contributed by atoms with Crippen LogP contribution in [-0.2, 0) is 26.7 Å². The molecular formula is C24H28FN5O5S2. The second kappa shape index (κ2) is 9.76. The lowest BCUT2D eigenvalue weighted by Gasteiger charge is -2.22. The van der Waals surface area contributed by atoms with Crippen molar-refractivity contribution in [3.8, 4) is 0 Å². The molecule has 37 heavy (non-hydrogen) atoms. The van der Waals surface area contributed by atoms with Gasteiger partial charge in [-0.05, 0) is 49.4 Å². The first-order valence-corrected chi connectivity index (χ1v) is 14.5. The van der Waals surface area contributed by atoms with Crippen LogP contribution >= 0.6 is 11.8 Å². The molecule has 13 heteroatoms. The minimum absolute atomic E-state index is 0.0224. The summed E-state index contributed by atoms with van der Waals surface area (Å²) in [4.78, 5) is 39.8. The number of hydrogen-bond acceptors (Lipinski definition) is 6. The number of carbonyl (C=O) groups excluding carboxylic acids is 3. The molecule has 1 aromatic heterocycles. The summed E-state index contributed by atoms with van der Waals surface area (Å²) in [6, 6.07) is 3.64. The summed E-state index contributed by atoms with van der Waals surface area (Å²) < 4.78 is 44.4. The number of amides is 3. The fourth-order valence-corrected chi connectivity index (χ4v) is 7.88. The fourth-order valence-electron chi connectivity index (χ4n) is 4.65. The molecule has 0 radical (unpaired) electrons. The minimum atomic E-state index is -4.02. The first-order chi connectivity index (χ1) is 17.5. The zero-order chi connectivity index (χ0) is 26.5. The Morgan fingerprint density at radius 2 is 1.97 bits per heavy atom. The van der Waals surface area contributed by atoms with Gasteiger partial charge < -0.3 is 20.1 Å². The zero-order valence-electron chi connectivity index (χ0n) is 20.4. The van der Waals surface area contributed by atoms with Gasteiger partial charge in [0.2, 0.25) is 10.0 Å². The van der Waals surface area contributed by atoms with Crippen molar-refractivity contribution in [2.45, 2.75) is 35.6 Å². The van der Waals surface area contributed by atoms with Crippen LogP contribution in [0.2, 0.25) is 0 Å². The Morgan fingerprint density at radius 3 is 2.68 bits per heavy atom. The van der Waals surface area contributed by atoms with Crippen LogP contribution in [-0.4, -0.2) is 67.0 Å². The largest absolute Gasteiger partial charge is 0.348 e. The van der Waals surface area contributed by atoms with E-state index in [4.69, 9.17) is 0 Å². The molecule has 5 rings (SSSR count). The number of benzene rings is 1. The Balaban J connectivity index is 1.34. The molecule has 2 aromatic rings. The van der Waals surface area contributed by atoms with Gasteiger partial charge in [0.25, 0.3) is 5.91 Å². The number of rotatable bonds is 4. The highest BCUT2D eigenvalue weighted by Crippen LogP contribution is 2.38. The van der Waals surface area contributed by atoms with Gasteiger partial charge in [0.1, 0.15) is 16.4 Å². The van der Waals surface area contributed by atoms with Gasteiger partial charge in [-0.15, -0.1) is 11.8 Å². The van der Waals surface area contributed by atoms with Crippen molar-refractivity contribution in [1.82, 2.24) is 19.5 Å². The van der Waals surface area contributed by atoms with E-state index in [1.54, 1.807) is 14.0 Å². The number of hydrogen-bond donors (Lipinski definition) is 3. The van der Waals surface area contributed by atoms with E-state index >= 15 is 0 Å². The molecule has 3 N–H and O–H groups in total. The monoisotopic (exact) mass is 549 g/mol. The lowest BCUT2D eigenvalue weighted by molar-refractivity contribution is -0.145. The lowest BCUT2D eigenvalue weighted by Crippen LogP contribution is -2.45. The fraction of sp³-hybridized carbons (Fsp3) is 0.458. The Kier molecular flexibility index (Phi) is 6.79. The standard InChI is InChI=1S/C24H28FN5O5S2/c1-13-7-16(5-6-17(13)25)27-22(31)20-21-19(11-29(20)2)37(34,35)28-18-10-30(9-15(18)12-36-21)24(33)23(32)26-8-14-3-4-14/h5-7,11,14-15,18,28H,3-4,8-10,12H2,1-2H3,(H,26,32)(H,27,31)/t15-,18-/m0/s1. The zero-order valence-corrected chi connectivity index (χ0v) is 22.0. The maximum Gasteiger partial charge on any atom is 0.311 e. The van der Waals surface area contributed by atoms with Crippen molar-refractivity contribution in [2.24, 2.45) is 18.9 Å². The van der Waals surface area contributed by atoms with Gasteiger partial charge in [-0.2, -0.15) is 0 Å². The molecule has 3 heterocycles. The van der Waals surface area contributed by atoms with Crippen molar-refractivity contribution in [2.75, 3.05) is 30.7 Å². The van der Waals surface area contributed by atoms with Gasteiger partial charge in [0.05, 0.1) is 4.90 Å². The third-order valence-electron chi connectivity index (χ3n) is 6.94. The second-order valence-corrected chi connectivity index (χ2v) is 12.6. The SMILES string of the molecule is Cc1cc(NC(=O)c2c3c(cn2C)S(=O)(=O)N[C@H]2CN(C(=O)C(=O)NCC4CC4)C[C@H]2CS3)ccc1F. The molecule has 2 fully saturated rings. The third-order valence-corrected chi connectivity index (χ3v) is 9.87. The Hall–Kier alpha value is -2.90.